The maximum Gasteiger partial charge on any atom is 0.151 e. The summed E-state index contributed by atoms with van der Waals surface area (Å²) < 4.78 is 2.22. The molecule has 19 heavy (non-hydrogen) atoms. The lowest BCUT2D eigenvalue weighted by Gasteiger charge is -2.24. The van der Waals surface area contributed by atoms with Crippen LogP contribution in [-0.4, -0.2) is 22.3 Å². The van der Waals surface area contributed by atoms with Crippen LogP contribution in [0.4, 0.5) is 0 Å². The maximum absolute atomic E-state index is 9.31. The number of hydrogen-bond acceptors (Lipinski definition) is 5. The lowest BCUT2D eigenvalue weighted by atomic mass is 10.1. The molecule has 1 aromatic carbocycles. The molecule has 0 aliphatic heterocycles. The van der Waals surface area contributed by atoms with Crippen molar-refractivity contribution in [3.63, 3.8) is 0 Å². The second-order valence-corrected chi connectivity index (χ2v) is 7.23. The molecule has 1 aromatic heterocycles. The number of aromatic nitrogens is 1. The Morgan fingerprint density at radius 3 is 2.84 bits per heavy atom. The summed E-state index contributed by atoms with van der Waals surface area (Å²) in [5.41, 5.74) is 0.516. The zero-order chi connectivity index (χ0) is 13.9. The first-order valence-corrected chi connectivity index (χ1v) is 8.00. The van der Waals surface area contributed by atoms with Crippen LogP contribution in [0.15, 0.2) is 28.6 Å². The summed E-state index contributed by atoms with van der Waals surface area (Å²) >= 11 is 3.32. The van der Waals surface area contributed by atoms with Crippen LogP contribution in [0, 0.1) is 11.3 Å². The number of para-hydroxylation sites is 1. The van der Waals surface area contributed by atoms with Crippen molar-refractivity contribution in [1.29, 1.82) is 5.26 Å². The summed E-state index contributed by atoms with van der Waals surface area (Å²) in [4.78, 5) is 4.57. The molecule has 2 rings (SSSR count). The molecule has 2 aromatic rings. The third-order valence-electron chi connectivity index (χ3n) is 2.61. The van der Waals surface area contributed by atoms with Gasteiger partial charge < -0.3 is 0 Å². The van der Waals surface area contributed by atoms with Crippen molar-refractivity contribution in [2.75, 3.05) is 5.75 Å². The minimum atomic E-state index is -0.517. The zero-order valence-corrected chi connectivity index (χ0v) is 12.9. The molecule has 1 N–H and O–H groups in total. The van der Waals surface area contributed by atoms with Gasteiger partial charge in [0.1, 0.15) is 5.54 Å². The molecule has 1 atom stereocenters. The Balaban J connectivity index is 2.07. The molecule has 0 fully saturated rings. The topological polar surface area (TPSA) is 48.7 Å². The Morgan fingerprint density at radius 2 is 2.21 bits per heavy atom. The highest BCUT2D eigenvalue weighted by Crippen LogP contribution is 2.31. The van der Waals surface area contributed by atoms with Gasteiger partial charge in [0.15, 0.2) is 4.34 Å². The third kappa shape index (κ3) is 3.69. The number of nitrogens with zero attached hydrogens (tertiary/aromatic N) is 2. The number of nitrogens with one attached hydrogen (secondary N) is 1. The lowest BCUT2D eigenvalue weighted by molar-refractivity contribution is 0.443. The summed E-state index contributed by atoms with van der Waals surface area (Å²) in [6.07, 6.45) is 0. The molecule has 0 spiro atoms. The molecule has 0 aliphatic carbocycles. The quantitative estimate of drug-likeness (QED) is 0.854. The Bertz CT molecular complexity index is 567. The molecule has 0 aliphatic rings. The Labute approximate surface area is 122 Å². The van der Waals surface area contributed by atoms with Gasteiger partial charge >= 0.3 is 0 Å². The van der Waals surface area contributed by atoms with Crippen molar-refractivity contribution < 1.29 is 0 Å². The van der Waals surface area contributed by atoms with Gasteiger partial charge in [-0.1, -0.05) is 23.9 Å². The standard InChI is InChI=1S/C14H17N3S2/c1-10(2)17-14(3,8-15)9-18-13-16-11-6-4-5-7-12(11)19-13/h4-7,10,17H,9H2,1-3H3. The second kappa shape index (κ2) is 5.91. The number of benzene rings is 1. The minimum Gasteiger partial charge on any atom is -0.297 e. The first kappa shape index (κ1) is 14.3. The summed E-state index contributed by atoms with van der Waals surface area (Å²) in [5, 5.41) is 12.6. The largest absolute Gasteiger partial charge is 0.297 e. The van der Waals surface area contributed by atoms with Crippen LogP contribution in [0.1, 0.15) is 20.8 Å². The van der Waals surface area contributed by atoms with Crippen LogP contribution < -0.4 is 5.32 Å². The molecule has 0 saturated carbocycles. The van der Waals surface area contributed by atoms with Crippen LogP contribution in [0.25, 0.3) is 10.2 Å². The van der Waals surface area contributed by atoms with Gasteiger partial charge in [-0.05, 0) is 32.9 Å². The van der Waals surface area contributed by atoms with Gasteiger partial charge in [-0.25, -0.2) is 4.98 Å². The van der Waals surface area contributed by atoms with Crippen LogP contribution in [0.3, 0.4) is 0 Å². The molecule has 1 unspecified atom stereocenters. The predicted octanol–water partition coefficient (Wildman–Crippen LogP) is 3.67. The summed E-state index contributed by atoms with van der Waals surface area (Å²) in [6, 6.07) is 10.8. The van der Waals surface area contributed by atoms with Crippen molar-refractivity contribution in [2.24, 2.45) is 0 Å². The van der Waals surface area contributed by atoms with E-state index < -0.39 is 5.54 Å². The van der Waals surface area contributed by atoms with Crippen molar-refractivity contribution in [3.8, 4) is 6.07 Å². The van der Waals surface area contributed by atoms with E-state index in [2.05, 4.69) is 36.3 Å². The fraction of sp³-hybridized carbons (Fsp3) is 0.429. The fourth-order valence-electron chi connectivity index (χ4n) is 1.86. The summed E-state index contributed by atoms with van der Waals surface area (Å²) in [5.74, 6) is 0.696. The highest BCUT2D eigenvalue weighted by atomic mass is 32.2. The van der Waals surface area contributed by atoms with Crippen molar-refractivity contribution in [2.45, 2.75) is 36.7 Å². The molecule has 100 valence electrons. The number of hydrogen-bond donors (Lipinski definition) is 1. The predicted molar refractivity (Wildman–Crippen MR) is 82.6 cm³/mol. The third-order valence-corrected chi connectivity index (χ3v) is 5.11. The van der Waals surface area contributed by atoms with E-state index in [0.717, 1.165) is 9.86 Å². The average molecular weight is 291 g/mol. The Hall–Kier alpha value is -1.09. The number of nitriles is 1. The van der Waals surface area contributed by atoms with E-state index in [9.17, 15) is 5.26 Å². The van der Waals surface area contributed by atoms with Crippen LogP contribution in [0.5, 0.6) is 0 Å². The minimum absolute atomic E-state index is 0.292. The normalized spacial score (nSPS) is 14.5. The molecule has 3 nitrogen and oxygen atoms in total. The molecular formula is C14H17N3S2. The molecule has 5 heteroatoms. The number of rotatable bonds is 5. The van der Waals surface area contributed by atoms with Gasteiger partial charge in [0, 0.05) is 11.8 Å². The second-order valence-electron chi connectivity index (χ2n) is 4.98. The van der Waals surface area contributed by atoms with Crippen LogP contribution in [0.2, 0.25) is 0 Å². The summed E-state index contributed by atoms with van der Waals surface area (Å²) in [7, 11) is 0. The van der Waals surface area contributed by atoms with E-state index in [1.54, 1.807) is 23.1 Å². The van der Waals surface area contributed by atoms with E-state index >= 15 is 0 Å². The molecule has 0 saturated heterocycles. The summed E-state index contributed by atoms with van der Waals surface area (Å²) in [6.45, 7) is 6.04. The first-order valence-electron chi connectivity index (χ1n) is 6.20. The zero-order valence-electron chi connectivity index (χ0n) is 11.3. The SMILES string of the molecule is CC(C)NC(C)(C#N)CSc1nc2ccccc2s1. The smallest absolute Gasteiger partial charge is 0.151 e. The first-order chi connectivity index (χ1) is 9.02. The van der Waals surface area contributed by atoms with Crippen molar-refractivity contribution >= 4 is 33.3 Å². The lowest BCUT2D eigenvalue weighted by Crippen LogP contribution is -2.47. The van der Waals surface area contributed by atoms with E-state index in [-0.39, 0.29) is 0 Å². The number of thiazole rings is 1. The molecule has 1 heterocycles. The van der Waals surface area contributed by atoms with E-state index in [1.165, 1.54) is 4.70 Å². The maximum atomic E-state index is 9.31. The van der Waals surface area contributed by atoms with Crippen molar-refractivity contribution in [1.82, 2.24) is 10.3 Å². The monoisotopic (exact) mass is 291 g/mol. The fourth-order valence-corrected chi connectivity index (χ4v) is 3.96. The highest BCUT2D eigenvalue weighted by Gasteiger charge is 2.25. The Morgan fingerprint density at radius 1 is 1.47 bits per heavy atom. The van der Waals surface area contributed by atoms with Gasteiger partial charge in [0.05, 0.1) is 16.3 Å². The average Bonchev–Trinajstić information content (AvgIpc) is 2.78. The van der Waals surface area contributed by atoms with Crippen LogP contribution >= 0.6 is 23.1 Å². The molecule has 0 amide bonds. The number of fused-ring (bicyclic) bond motifs is 1. The number of thioether (sulfide) groups is 1. The van der Waals surface area contributed by atoms with Gasteiger partial charge in [0.2, 0.25) is 0 Å². The highest BCUT2D eigenvalue weighted by molar-refractivity contribution is 8.01. The van der Waals surface area contributed by atoms with E-state index in [4.69, 9.17) is 0 Å². The molecule has 0 bridgehead atoms. The van der Waals surface area contributed by atoms with Crippen molar-refractivity contribution in [3.05, 3.63) is 24.3 Å². The van der Waals surface area contributed by atoms with E-state index in [1.807, 2.05) is 25.1 Å². The molecular weight excluding hydrogens is 274 g/mol. The van der Waals surface area contributed by atoms with E-state index in [0.29, 0.717) is 11.8 Å². The Kier molecular flexibility index (Phi) is 4.46. The van der Waals surface area contributed by atoms with Gasteiger partial charge in [-0.2, -0.15) is 5.26 Å². The van der Waals surface area contributed by atoms with Gasteiger partial charge in [0.25, 0.3) is 0 Å². The van der Waals surface area contributed by atoms with Gasteiger partial charge in [-0.3, -0.25) is 5.32 Å². The molecule has 0 radical (unpaired) electrons. The van der Waals surface area contributed by atoms with Gasteiger partial charge in [-0.15, -0.1) is 11.3 Å². The van der Waals surface area contributed by atoms with Crippen LogP contribution in [-0.2, 0) is 0 Å².